The largest absolute Gasteiger partial charge is 0.348 e. The van der Waals surface area contributed by atoms with Gasteiger partial charge in [0.1, 0.15) is 0 Å². The van der Waals surface area contributed by atoms with Crippen molar-refractivity contribution < 1.29 is 4.79 Å². The standard InChI is InChI=1S/C20H22N4O2/c25-19(15-4-1-3-14(10-15)16-5-2-8-21-12-16)22-11-13-6-7-17-18(9-13)24-20(26)23-17/h1,3-4,6-7,9-10,16,21H,2,5,8,11-12H2,(H,22,25)(H2,23,24,26)/t16-/m0/s1. The van der Waals surface area contributed by atoms with Gasteiger partial charge in [-0.15, -0.1) is 0 Å². The molecule has 1 aromatic heterocycles. The first kappa shape index (κ1) is 16.6. The van der Waals surface area contributed by atoms with Gasteiger partial charge >= 0.3 is 5.69 Å². The second-order valence-corrected chi connectivity index (χ2v) is 6.81. The van der Waals surface area contributed by atoms with E-state index in [0.29, 0.717) is 18.0 Å². The number of imidazole rings is 1. The second kappa shape index (κ2) is 7.17. The molecule has 0 bridgehead atoms. The average Bonchev–Trinajstić information content (AvgIpc) is 3.06. The van der Waals surface area contributed by atoms with Crippen LogP contribution in [0.25, 0.3) is 11.0 Å². The Kier molecular flexibility index (Phi) is 4.58. The number of carbonyl (C=O) groups excluding carboxylic acids is 1. The maximum absolute atomic E-state index is 12.5. The Labute approximate surface area is 151 Å². The Hall–Kier alpha value is -2.86. The summed E-state index contributed by atoms with van der Waals surface area (Å²) in [4.78, 5) is 29.3. The lowest BCUT2D eigenvalue weighted by Crippen LogP contribution is -2.28. The van der Waals surface area contributed by atoms with E-state index in [1.807, 2.05) is 36.4 Å². The fourth-order valence-corrected chi connectivity index (χ4v) is 3.54. The van der Waals surface area contributed by atoms with Crippen LogP contribution in [0.4, 0.5) is 0 Å². The molecule has 4 rings (SSSR count). The van der Waals surface area contributed by atoms with Crippen LogP contribution in [0.1, 0.15) is 40.2 Å². The van der Waals surface area contributed by atoms with E-state index < -0.39 is 0 Å². The summed E-state index contributed by atoms with van der Waals surface area (Å²) in [5.41, 5.74) is 4.12. The van der Waals surface area contributed by atoms with Crippen LogP contribution in [-0.2, 0) is 6.54 Å². The third kappa shape index (κ3) is 3.55. The van der Waals surface area contributed by atoms with E-state index in [1.165, 1.54) is 12.0 Å². The molecule has 0 aliphatic carbocycles. The number of hydrogen-bond acceptors (Lipinski definition) is 3. The van der Waals surface area contributed by atoms with Crippen LogP contribution in [0.2, 0.25) is 0 Å². The fourth-order valence-electron chi connectivity index (χ4n) is 3.54. The molecule has 0 unspecified atom stereocenters. The Morgan fingerprint density at radius 2 is 2.00 bits per heavy atom. The summed E-state index contributed by atoms with van der Waals surface area (Å²) >= 11 is 0. The van der Waals surface area contributed by atoms with Crippen molar-refractivity contribution in [2.75, 3.05) is 13.1 Å². The highest BCUT2D eigenvalue weighted by Crippen LogP contribution is 2.23. The molecule has 1 atom stereocenters. The molecule has 6 heteroatoms. The topological polar surface area (TPSA) is 89.8 Å². The quantitative estimate of drug-likeness (QED) is 0.582. The van der Waals surface area contributed by atoms with Crippen molar-refractivity contribution in [3.8, 4) is 0 Å². The van der Waals surface area contributed by atoms with Crippen molar-refractivity contribution in [3.63, 3.8) is 0 Å². The van der Waals surface area contributed by atoms with Crippen LogP contribution in [0, 0.1) is 0 Å². The summed E-state index contributed by atoms with van der Waals surface area (Å²) in [5.74, 6) is 0.391. The van der Waals surface area contributed by atoms with Gasteiger partial charge in [-0.1, -0.05) is 18.2 Å². The van der Waals surface area contributed by atoms with Crippen LogP contribution in [0.5, 0.6) is 0 Å². The third-order valence-electron chi connectivity index (χ3n) is 4.95. The monoisotopic (exact) mass is 350 g/mol. The molecule has 2 aromatic carbocycles. The minimum absolute atomic E-state index is 0.0849. The Bertz CT molecular complexity index is 983. The first-order chi connectivity index (χ1) is 12.7. The summed E-state index contributed by atoms with van der Waals surface area (Å²) in [5, 5.41) is 6.38. The highest BCUT2D eigenvalue weighted by Gasteiger charge is 2.16. The molecular weight excluding hydrogens is 328 g/mol. The number of carbonyl (C=O) groups is 1. The van der Waals surface area contributed by atoms with E-state index in [1.54, 1.807) is 0 Å². The number of aromatic amines is 2. The maximum atomic E-state index is 12.5. The average molecular weight is 350 g/mol. The molecule has 0 spiro atoms. The van der Waals surface area contributed by atoms with Gasteiger partial charge in [-0.3, -0.25) is 4.79 Å². The van der Waals surface area contributed by atoms with Gasteiger partial charge in [0, 0.05) is 18.7 Å². The number of benzene rings is 2. The van der Waals surface area contributed by atoms with Gasteiger partial charge in [-0.05, 0) is 60.7 Å². The first-order valence-corrected chi connectivity index (χ1v) is 8.99. The van der Waals surface area contributed by atoms with E-state index in [2.05, 4.69) is 26.7 Å². The Morgan fingerprint density at radius 1 is 1.12 bits per heavy atom. The molecule has 4 N–H and O–H groups in total. The van der Waals surface area contributed by atoms with E-state index >= 15 is 0 Å². The summed E-state index contributed by atoms with van der Waals surface area (Å²) in [6.45, 7) is 2.46. The number of amides is 1. The van der Waals surface area contributed by atoms with Crippen molar-refractivity contribution in [2.45, 2.75) is 25.3 Å². The Balaban J connectivity index is 1.44. The zero-order valence-corrected chi connectivity index (χ0v) is 14.5. The third-order valence-corrected chi connectivity index (χ3v) is 4.95. The van der Waals surface area contributed by atoms with E-state index in [4.69, 9.17) is 0 Å². The van der Waals surface area contributed by atoms with E-state index in [-0.39, 0.29) is 11.6 Å². The van der Waals surface area contributed by atoms with Gasteiger partial charge < -0.3 is 20.6 Å². The summed E-state index contributed by atoms with van der Waals surface area (Å²) in [7, 11) is 0. The molecule has 2 heterocycles. The van der Waals surface area contributed by atoms with Crippen molar-refractivity contribution in [2.24, 2.45) is 0 Å². The van der Waals surface area contributed by atoms with Gasteiger partial charge in [-0.2, -0.15) is 0 Å². The highest BCUT2D eigenvalue weighted by molar-refractivity contribution is 5.94. The molecule has 26 heavy (non-hydrogen) atoms. The maximum Gasteiger partial charge on any atom is 0.323 e. The number of aromatic nitrogens is 2. The molecule has 0 radical (unpaired) electrons. The van der Waals surface area contributed by atoms with Crippen LogP contribution < -0.4 is 16.3 Å². The molecular formula is C20H22N4O2. The Morgan fingerprint density at radius 3 is 2.85 bits per heavy atom. The van der Waals surface area contributed by atoms with Gasteiger partial charge in [0.05, 0.1) is 11.0 Å². The highest BCUT2D eigenvalue weighted by atomic mass is 16.1. The van der Waals surface area contributed by atoms with Crippen molar-refractivity contribution >= 4 is 16.9 Å². The molecule has 134 valence electrons. The van der Waals surface area contributed by atoms with Gasteiger partial charge in [0.25, 0.3) is 5.91 Å². The SMILES string of the molecule is O=C(NCc1ccc2[nH]c(=O)[nH]c2c1)c1cccc([C@H]2CCCNC2)c1. The lowest BCUT2D eigenvalue weighted by molar-refractivity contribution is 0.0951. The van der Waals surface area contributed by atoms with Crippen LogP contribution in [0.3, 0.4) is 0 Å². The minimum atomic E-state index is -0.227. The van der Waals surface area contributed by atoms with E-state index in [0.717, 1.165) is 36.1 Å². The van der Waals surface area contributed by atoms with Crippen molar-refractivity contribution in [1.82, 2.24) is 20.6 Å². The second-order valence-electron chi connectivity index (χ2n) is 6.81. The van der Waals surface area contributed by atoms with Crippen molar-refractivity contribution in [1.29, 1.82) is 0 Å². The number of H-pyrrole nitrogens is 2. The fraction of sp³-hybridized carbons (Fsp3) is 0.300. The zero-order valence-electron chi connectivity index (χ0n) is 14.5. The minimum Gasteiger partial charge on any atom is -0.348 e. The number of rotatable bonds is 4. The number of fused-ring (bicyclic) bond motifs is 1. The molecule has 1 saturated heterocycles. The molecule has 1 amide bonds. The zero-order chi connectivity index (χ0) is 17.9. The normalized spacial score (nSPS) is 17.3. The molecule has 1 aliphatic heterocycles. The summed E-state index contributed by atoms with van der Waals surface area (Å²) < 4.78 is 0. The van der Waals surface area contributed by atoms with Crippen LogP contribution in [0.15, 0.2) is 47.3 Å². The lowest BCUT2D eigenvalue weighted by atomic mass is 9.90. The smallest absolute Gasteiger partial charge is 0.323 e. The van der Waals surface area contributed by atoms with Crippen LogP contribution >= 0.6 is 0 Å². The van der Waals surface area contributed by atoms with Gasteiger partial charge in [0.15, 0.2) is 0 Å². The number of piperidine rings is 1. The molecule has 3 aromatic rings. The molecule has 1 aliphatic rings. The van der Waals surface area contributed by atoms with Gasteiger partial charge in [0.2, 0.25) is 0 Å². The summed E-state index contributed by atoms with van der Waals surface area (Å²) in [6, 6.07) is 13.5. The lowest BCUT2D eigenvalue weighted by Gasteiger charge is -2.23. The number of nitrogens with one attached hydrogen (secondary N) is 4. The number of hydrogen-bond donors (Lipinski definition) is 4. The first-order valence-electron chi connectivity index (χ1n) is 8.99. The predicted molar refractivity (Wildman–Crippen MR) is 101 cm³/mol. The van der Waals surface area contributed by atoms with Crippen molar-refractivity contribution in [3.05, 3.63) is 69.6 Å². The van der Waals surface area contributed by atoms with E-state index in [9.17, 15) is 9.59 Å². The van der Waals surface area contributed by atoms with Crippen LogP contribution in [-0.4, -0.2) is 29.0 Å². The summed E-state index contributed by atoms with van der Waals surface area (Å²) in [6.07, 6.45) is 2.33. The predicted octanol–water partition coefficient (Wildman–Crippen LogP) is 2.25. The molecule has 1 fully saturated rings. The molecule has 0 saturated carbocycles. The molecule has 6 nitrogen and oxygen atoms in total. The van der Waals surface area contributed by atoms with Gasteiger partial charge in [-0.25, -0.2) is 4.79 Å².